The van der Waals surface area contributed by atoms with Crippen LogP contribution in [0.5, 0.6) is 5.75 Å². The molecule has 4 nitrogen and oxygen atoms in total. The van der Waals surface area contributed by atoms with Crippen molar-refractivity contribution < 1.29 is 9.47 Å². The Kier molecular flexibility index (Phi) is 2.50. The van der Waals surface area contributed by atoms with Gasteiger partial charge in [-0.15, -0.1) is 0 Å². The van der Waals surface area contributed by atoms with Crippen molar-refractivity contribution in [3.63, 3.8) is 0 Å². The molecule has 0 saturated carbocycles. The molecule has 3 aliphatic heterocycles. The van der Waals surface area contributed by atoms with Crippen LogP contribution in [0.3, 0.4) is 0 Å². The number of ether oxygens (including phenoxy) is 2. The van der Waals surface area contributed by atoms with Gasteiger partial charge in [-0.25, -0.2) is 0 Å². The first kappa shape index (κ1) is 11.6. The van der Waals surface area contributed by atoms with Crippen molar-refractivity contribution in [3.05, 3.63) is 23.8 Å². The minimum Gasteiger partial charge on any atom is -0.484 e. The quantitative estimate of drug-likeness (QED) is 0.749. The van der Waals surface area contributed by atoms with Gasteiger partial charge in [0.05, 0.1) is 13.2 Å². The summed E-state index contributed by atoms with van der Waals surface area (Å²) in [5.74, 6) is 1.06. The molecule has 1 aromatic rings. The fraction of sp³-hybridized carbons (Fsp3) is 0.600. The molecule has 0 bridgehead atoms. The van der Waals surface area contributed by atoms with Crippen LogP contribution < -0.4 is 9.64 Å². The van der Waals surface area contributed by atoms with Crippen LogP contribution in [0.4, 0.5) is 5.69 Å². The van der Waals surface area contributed by atoms with Gasteiger partial charge in [0, 0.05) is 50.4 Å². The molecule has 3 heterocycles. The van der Waals surface area contributed by atoms with E-state index in [1.54, 1.807) is 0 Å². The predicted octanol–water partition coefficient (Wildman–Crippen LogP) is 0.942. The van der Waals surface area contributed by atoms with Gasteiger partial charge in [0.2, 0.25) is 0 Å². The van der Waals surface area contributed by atoms with Crippen LogP contribution in [0.1, 0.15) is 5.56 Å². The average Bonchev–Trinajstić information content (AvgIpc) is 2.77. The van der Waals surface area contributed by atoms with Crippen LogP contribution in [0.15, 0.2) is 12.1 Å². The van der Waals surface area contributed by atoms with E-state index in [-0.39, 0.29) is 5.60 Å². The SMILES string of the molecule is CN1CC2(Cc3c[c]c(N4CCOCC4)cc3O2)C1. The highest BCUT2D eigenvalue weighted by Gasteiger charge is 2.47. The van der Waals surface area contributed by atoms with Crippen molar-refractivity contribution in [3.8, 4) is 5.75 Å². The summed E-state index contributed by atoms with van der Waals surface area (Å²) in [4.78, 5) is 4.63. The molecule has 1 aromatic carbocycles. The Morgan fingerprint density at radius 2 is 2.05 bits per heavy atom. The summed E-state index contributed by atoms with van der Waals surface area (Å²) < 4.78 is 11.6. The number of hydrogen-bond acceptors (Lipinski definition) is 4. The van der Waals surface area contributed by atoms with Gasteiger partial charge in [-0.05, 0) is 18.7 Å². The summed E-state index contributed by atoms with van der Waals surface area (Å²) in [6.45, 7) is 5.58. The number of anilines is 1. The molecule has 0 aromatic heterocycles. The van der Waals surface area contributed by atoms with E-state index in [1.807, 2.05) is 0 Å². The number of hydrogen-bond donors (Lipinski definition) is 0. The second-order valence-corrected chi connectivity index (χ2v) is 5.94. The van der Waals surface area contributed by atoms with E-state index in [2.05, 4.69) is 35.0 Å². The lowest BCUT2D eigenvalue weighted by atomic mass is 9.90. The number of likely N-dealkylation sites (tertiary alicyclic amines) is 1. The highest BCUT2D eigenvalue weighted by Crippen LogP contribution is 2.41. The van der Waals surface area contributed by atoms with E-state index in [4.69, 9.17) is 9.47 Å². The van der Waals surface area contributed by atoms with E-state index in [1.165, 1.54) is 5.56 Å². The number of nitrogens with zero attached hydrogens (tertiary/aromatic N) is 2. The maximum absolute atomic E-state index is 6.21. The smallest absolute Gasteiger partial charge is 0.138 e. The summed E-state index contributed by atoms with van der Waals surface area (Å²) >= 11 is 0. The summed E-state index contributed by atoms with van der Waals surface area (Å²) in [7, 11) is 2.14. The van der Waals surface area contributed by atoms with Gasteiger partial charge in [-0.2, -0.15) is 0 Å². The number of morpholine rings is 1. The lowest BCUT2D eigenvalue weighted by Crippen LogP contribution is -2.62. The zero-order valence-corrected chi connectivity index (χ0v) is 11.3. The fourth-order valence-corrected chi connectivity index (χ4v) is 3.44. The third-order valence-electron chi connectivity index (χ3n) is 4.29. The summed E-state index contributed by atoms with van der Waals surface area (Å²) in [5, 5.41) is 0. The van der Waals surface area contributed by atoms with Gasteiger partial charge in [0.15, 0.2) is 0 Å². The number of rotatable bonds is 1. The largest absolute Gasteiger partial charge is 0.484 e. The van der Waals surface area contributed by atoms with Gasteiger partial charge in [-0.3, -0.25) is 4.90 Å². The molecular formula is C15H19N2O2. The molecule has 4 heteroatoms. The lowest BCUT2D eigenvalue weighted by molar-refractivity contribution is -0.0481. The normalized spacial score (nSPS) is 25.0. The van der Waals surface area contributed by atoms with Gasteiger partial charge >= 0.3 is 0 Å². The number of likely N-dealkylation sites (N-methyl/N-ethyl adjacent to an activating group) is 1. The van der Waals surface area contributed by atoms with Gasteiger partial charge in [0.25, 0.3) is 0 Å². The summed E-state index contributed by atoms with van der Waals surface area (Å²) in [6, 6.07) is 7.69. The van der Waals surface area contributed by atoms with Gasteiger partial charge in [-0.1, -0.05) is 0 Å². The molecule has 1 spiro atoms. The first-order valence-corrected chi connectivity index (χ1v) is 6.99. The van der Waals surface area contributed by atoms with E-state index in [0.29, 0.717) is 0 Å². The molecule has 101 valence electrons. The molecule has 0 amide bonds. The van der Waals surface area contributed by atoms with Crippen molar-refractivity contribution in [2.45, 2.75) is 12.0 Å². The second kappa shape index (κ2) is 4.12. The Balaban J connectivity index is 1.56. The standard InChI is InChI=1S/C15H19N2O2/c1-16-10-15(11-16)9-12-2-3-13(8-14(12)19-15)17-4-6-18-7-5-17/h2,8H,4-7,9-11H2,1H3. The molecule has 2 fully saturated rings. The zero-order valence-electron chi connectivity index (χ0n) is 11.3. The average molecular weight is 259 g/mol. The third kappa shape index (κ3) is 1.90. The zero-order chi connectivity index (χ0) is 12.9. The number of fused-ring (bicyclic) bond motifs is 1. The van der Waals surface area contributed by atoms with Crippen LogP contribution in [-0.4, -0.2) is 56.9 Å². The highest BCUT2D eigenvalue weighted by molar-refractivity contribution is 5.55. The molecule has 0 atom stereocenters. The first-order valence-electron chi connectivity index (χ1n) is 6.99. The van der Waals surface area contributed by atoms with Crippen LogP contribution in [-0.2, 0) is 11.2 Å². The maximum Gasteiger partial charge on any atom is 0.138 e. The highest BCUT2D eigenvalue weighted by atomic mass is 16.5. The number of benzene rings is 1. The van der Waals surface area contributed by atoms with Crippen molar-refractivity contribution in [2.24, 2.45) is 0 Å². The van der Waals surface area contributed by atoms with Gasteiger partial charge < -0.3 is 14.4 Å². The maximum atomic E-state index is 6.21. The lowest BCUT2D eigenvalue weighted by Gasteiger charge is -2.44. The van der Waals surface area contributed by atoms with E-state index in [9.17, 15) is 0 Å². The van der Waals surface area contributed by atoms with E-state index >= 15 is 0 Å². The minimum absolute atomic E-state index is 0.0502. The molecule has 3 aliphatic rings. The van der Waals surface area contributed by atoms with Crippen LogP contribution >= 0.6 is 0 Å². The molecule has 2 saturated heterocycles. The molecule has 0 unspecified atom stereocenters. The fourth-order valence-electron chi connectivity index (χ4n) is 3.44. The minimum atomic E-state index is 0.0502. The van der Waals surface area contributed by atoms with Gasteiger partial charge in [0.1, 0.15) is 11.4 Å². The Morgan fingerprint density at radius 3 is 2.79 bits per heavy atom. The Morgan fingerprint density at radius 1 is 1.26 bits per heavy atom. The second-order valence-electron chi connectivity index (χ2n) is 5.94. The first-order chi connectivity index (χ1) is 9.24. The molecule has 0 aliphatic carbocycles. The van der Waals surface area contributed by atoms with Crippen molar-refractivity contribution in [1.29, 1.82) is 0 Å². The third-order valence-corrected chi connectivity index (χ3v) is 4.29. The van der Waals surface area contributed by atoms with E-state index in [0.717, 1.165) is 57.3 Å². The topological polar surface area (TPSA) is 24.9 Å². The molecule has 0 N–H and O–H groups in total. The summed E-state index contributed by atoms with van der Waals surface area (Å²) in [6.07, 6.45) is 1.03. The summed E-state index contributed by atoms with van der Waals surface area (Å²) in [5.41, 5.74) is 2.51. The molecule has 1 radical (unpaired) electrons. The predicted molar refractivity (Wildman–Crippen MR) is 72.9 cm³/mol. The van der Waals surface area contributed by atoms with E-state index < -0.39 is 0 Å². The van der Waals surface area contributed by atoms with Crippen LogP contribution in [0.25, 0.3) is 0 Å². The van der Waals surface area contributed by atoms with Crippen LogP contribution in [0.2, 0.25) is 0 Å². The van der Waals surface area contributed by atoms with Crippen molar-refractivity contribution in [2.75, 3.05) is 51.3 Å². The molecular weight excluding hydrogens is 240 g/mol. The monoisotopic (exact) mass is 259 g/mol. The Labute approximate surface area is 113 Å². The van der Waals surface area contributed by atoms with Crippen LogP contribution in [0, 0.1) is 6.07 Å². The molecule has 4 rings (SSSR count). The molecule has 19 heavy (non-hydrogen) atoms. The Hall–Kier alpha value is -1.26. The van der Waals surface area contributed by atoms with Crippen molar-refractivity contribution in [1.82, 2.24) is 4.90 Å². The Bertz CT molecular complexity index is 491. The van der Waals surface area contributed by atoms with Crippen molar-refractivity contribution >= 4 is 5.69 Å².